The quantitative estimate of drug-likeness (QED) is 0.486. The van der Waals surface area contributed by atoms with Crippen LogP contribution in [0.4, 0.5) is 4.79 Å². The summed E-state index contributed by atoms with van der Waals surface area (Å²) in [7, 11) is 0. The first-order chi connectivity index (χ1) is 10.0. The zero-order chi connectivity index (χ0) is 15.7. The highest BCUT2D eigenvalue weighted by atomic mass is 16.4. The Hall–Kier alpha value is -1.34. The second-order valence-corrected chi connectivity index (χ2v) is 5.54. The molecule has 1 heterocycles. The summed E-state index contributed by atoms with van der Waals surface area (Å²) in [5.74, 6) is -1.14. The van der Waals surface area contributed by atoms with Gasteiger partial charge in [0.05, 0.1) is 0 Å². The van der Waals surface area contributed by atoms with Gasteiger partial charge in [0.2, 0.25) is 0 Å². The van der Waals surface area contributed by atoms with Crippen LogP contribution in [0.3, 0.4) is 0 Å². The molecule has 0 aliphatic carbocycles. The topological polar surface area (TPSA) is 102 Å². The molecule has 1 fully saturated rings. The molecule has 4 N–H and O–H groups in total. The maximum atomic E-state index is 11.6. The number of rotatable bonds is 8. The number of nitrogens with zero attached hydrogens (tertiary/aromatic N) is 1. The molecule has 0 spiro atoms. The van der Waals surface area contributed by atoms with Gasteiger partial charge in [-0.25, -0.2) is 9.59 Å². The summed E-state index contributed by atoms with van der Waals surface area (Å²) in [5.41, 5.74) is 0. The molecule has 1 aliphatic rings. The lowest BCUT2D eigenvalue weighted by Gasteiger charge is -2.33. The molecule has 0 radical (unpaired) electrons. The lowest BCUT2D eigenvalue weighted by atomic mass is 10.0. The molecule has 1 rings (SSSR count). The molecule has 0 bridgehead atoms. The van der Waals surface area contributed by atoms with Crippen LogP contribution in [0.5, 0.6) is 0 Å². The van der Waals surface area contributed by atoms with Crippen molar-refractivity contribution in [3.63, 3.8) is 0 Å². The van der Waals surface area contributed by atoms with Crippen LogP contribution in [0.15, 0.2) is 0 Å². The Morgan fingerprint density at radius 2 is 2.14 bits per heavy atom. The molecule has 7 nitrogen and oxygen atoms in total. The summed E-state index contributed by atoms with van der Waals surface area (Å²) in [4.78, 5) is 24.8. The predicted octanol–water partition coefficient (Wildman–Crippen LogP) is 0.386. The van der Waals surface area contributed by atoms with Gasteiger partial charge in [-0.3, -0.25) is 0 Å². The Morgan fingerprint density at radius 1 is 1.38 bits per heavy atom. The van der Waals surface area contributed by atoms with Crippen molar-refractivity contribution >= 4 is 12.0 Å². The molecule has 0 aromatic carbocycles. The second-order valence-electron chi connectivity index (χ2n) is 5.54. The highest BCUT2D eigenvalue weighted by Gasteiger charge is 2.19. The molecule has 2 amide bonds. The number of piperidine rings is 1. The number of hydrogen-bond acceptors (Lipinski definition) is 4. The lowest BCUT2D eigenvalue weighted by Crippen LogP contribution is -2.47. The van der Waals surface area contributed by atoms with E-state index in [-0.39, 0.29) is 13.0 Å². The number of carboxylic acids is 1. The summed E-state index contributed by atoms with van der Waals surface area (Å²) in [6.45, 7) is 4.53. The predicted molar refractivity (Wildman–Crippen MR) is 79.2 cm³/mol. The van der Waals surface area contributed by atoms with Gasteiger partial charge in [-0.15, -0.1) is 0 Å². The van der Waals surface area contributed by atoms with E-state index in [1.54, 1.807) is 0 Å². The number of urea groups is 1. The molecule has 0 aromatic rings. The van der Waals surface area contributed by atoms with E-state index >= 15 is 0 Å². The largest absolute Gasteiger partial charge is 0.480 e. The van der Waals surface area contributed by atoms with Crippen molar-refractivity contribution in [2.75, 3.05) is 26.2 Å². The third kappa shape index (κ3) is 6.77. The lowest BCUT2D eigenvalue weighted by molar-refractivity contribution is -0.139. The van der Waals surface area contributed by atoms with Gasteiger partial charge >= 0.3 is 12.0 Å². The minimum atomic E-state index is -1.14. The zero-order valence-electron chi connectivity index (χ0n) is 12.7. The number of aliphatic hydroxyl groups excluding tert-OH is 1. The van der Waals surface area contributed by atoms with Gasteiger partial charge in [-0.2, -0.15) is 0 Å². The van der Waals surface area contributed by atoms with Crippen LogP contribution in [-0.2, 0) is 4.79 Å². The summed E-state index contributed by atoms with van der Waals surface area (Å²) in [6.07, 6.45) is 4.61. The average Bonchev–Trinajstić information content (AvgIpc) is 2.44. The van der Waals surface area contributed by atoms with Crippen LogP contribution in [0.25, 0.3) is 0 Å². The molecule has 1 unspecified atom stereocenters. The Labute approximate surface area is 125 Å². The van der Waals surface area contributed by atoms with E-state index in [1.165, 1.54) is 19.3 Å². The van der Waals surface area contributed by atoms with Crippen molar-refractivity contribution in [1.82, 2.24) is 15.5 Å². The first kappa shape index (κ1) is 17.7. The van der Waals surface area contributed by atoms with Crippen molar-refractivity contribution in [3.05, 3.63) is 0 Å². The van der Waals surface area contributed by atoms with E-state index in [2.05, 4.69) is 22.5 Å². The van der Waals surface area contributed by atoms with Gasteiger partial charge < -0.3 is 25.7 Å². The molecular weight excluding hydrogens is 274 g/mol. The third-order valence-electron chi connectivity index (χ3n) is 3.87. The molecule has 21 heavy (non-hydrogen) atoms. The second kappa shape index (κ2) is 9.57. The highest BCUT2D eigenvalue weighted by molar-refractivity contribution is 5.82. The van der Waals surface area contributed by atoms with Gasteiger partial charge in [0.25, 0.3) is 0 Å². The molecule has 7 heteroatoms. The number of likely N-dealkylation sites (tertiary alicyclic amines) is 1. The number of aliphatic carboxylic acids is 1. The number of aliphatic hydroxyl groups is 1. The van der Waals surface area contributed by atoms with Crippen molar-refractivity contribution in [1.29, 1.82) is 0 Å². The zero-order valence-corrected chi connectivity index (χ0v) is 12.7. The smallest absolute Gasteiger partial charge is 0.326 e. The number of amides is 2. The van der Waals surface area contributed by atoms with E-state index in [0.29, 0.717) is 12.6 Å². The SMILES string of the molecule is CC1CCCCN1CCCNC(=O)N[C@@H](CCO)C(=O)O. The van der Waals surface area contributed by atoms with Crippen LogP contribution < -0.4 is 10.6 Å². The monoisotopic (exact) mass is 301 g/mol. The summed E-state index contributed by atoms with van der Waals surface area (Å²) >= 11 is 0. The van der Waals surface area contributed by atoms with E-state index in [1.807, 2.05) is 0 Å². The highest BCUT2D eigenvalue weighted by Crippen LogP contribution is 2.15. The number of hydrogen-bond donors (Lipinski definition) is 4. The molecule has 122 valence electrons. The first-order valence-electron chi connectivity index (χ1n) is 7.66. The summed E-state index contributed by atoms with van der Waals surface area (Å²) in [6, 6.07) is -0.937. The van der Waals surface area contributed by atoms with E-state index < -0.39 is 18.0 Å². The molecule has 1 saturated heterocycles. The number of carboxylic acid groups (broad SMARTS) is 1. The maximum Gasteiger partial charge on any atom is 0.326 e. The molecule has 2 atom stereocenters. The summed E-state index contributed by atoms with van der Waals surface area (Å²) < 4.78 is 0. The van der Waals surface area contributed by atoms with Crippen LogP contribution in [-0.4, -0.2) is 65.4 Å². The molecule has 0 saturated carbocycles. The first-order valence-corrected chi connectivity index (χ1v) is 7.66. The number of carbonyl (C=O) groups excluding carboxylic acids is 1. The third-order valence-corrected chi connectivity index (χ3v) is 3.87. The van der Waals surface area contributed by atoms with Crippen molar-refractivity contribution in [3.8, 4) is 0 Å². The average molecular weight is 301 g/mol. The van der Waals surface area contributed by atoms with Gasteiger partial charge in [0, 0.05) is 32.2 Å². The van der Waals surface area contributed by atoms with Gasteiger partial charge in [0.15, 0.2) is 0 Å². The fraction of sp³-hybridized carbons (Fsp3) is 0.857. The molecule has 1 aliphatic heterocycles. The Morgan fingerprint density at radius 3 is 2.76 bits per heavy atom. The van der Waals surface area contributed by atoms with Gasteiger partial charge in [-0.05, 0) is 32.7 Å². The van der Waals surface area contributed by atoms with Crippen LogP contribution in [0.1, 0.15) is 39.0 Å². The standard InChI is InChI=1S/C14H27N3O4/c1-11-5-2-3-8-17(11)9-4-7-15-14(21)16-12(6-10-18)13(19)20/h11-12,18H,2-10H2,1H3,(H,19,20)(H2,15,16,21)/t11?,12-/m0/s1. The van der Waals surface area contributed by atoms with Crippen LogP contribution in [0, 0.1) is 0 Å². The van der Waals surface area contributed by atoms with E-state index in [4.69, 9.17) is 10.2 Å². The van der Waals surface area contributed by atoms with Crippen molar-refractivity contribution < 1.29 is 19.8 Å². The normalized spacial score (nSPS) is 20.8. The van der Waals surface area contributed by atoms with Crippen molar-refractivity contribution in [2.45, 2.75) is 51.1 Å². The fourth-order valence-electron chi connectivity index (χ4n) is 2.57. The Bertz CT molecular complexity index is 338. The Kier molecular flexibility index (Phi) is 8.07. The molecule has 0 aromatic heterocycles. The Balaban J connectivity index is 2.16. The van der Waals surface area contributed by atoms with Crippen LogP contribution in [0.2, 0.25) is 0 Å². The van der Waals surface area contributed by atoms with E-state index in [9.17, 15) is 9.59 Å². The fourth-order valence-corrected chi connectivity index (χ4v) is 2.57. The van der Waals surface area contributed by atoms with E-state index in [0.717, 1.165) is 19.5 Å². The number of carbonyl (C=O) groups is 2. The number of nitrogens with one attached hydrogen (secondary N) is 2. The summed E-state index contributed by atoms with van der Waals surface area (Å²) in [5, 5.41) is 22.6. The minimum absolute atomic E-state index is 0.00798. The van der Waals surface area contributed by atoms with Gasteiger partial charge in [-0.1, -0.05) is 6.42 Å². The maximum absolute atomic E-state index is 11.6. The van der Waals surface area contributed by atoms with Crippen LogP contribution >= 0.6 is 0 Å². The van der Waals surface area contributed by atoms with Crippen molar-refractivity contribution in [2.24, 2.45) is 0 Å². The minimum Gasteiger partial charge on any atom is -0.480 e. The molecular formula is C14H27N3O4. The van der Waals surface area contributed by atoms with Gasteiger partial charge in [0.1, 0.15) is 6.04 Å².